The van der Waals surface area contributed by atoms with E-state index in [0.717, 1.165) is 0 Å². The molecular weight excluding hydrogens is 350 g/mol. The summed E-state index contributed by atoms with van der Waals surface area (Å²) >= 11 is 0. The highest BCUT2D eigenvalue weighted by Gasteiger charge is 2.17. The normalized spacial score (nSPS) is 10.4. The molecule has 0 bridgehead atoms. The fraction of sp³-hybridized carbons (Fsp3) is 0.278. The van der Waals surface area contributed by atoms with E-state index in [1.807, 2.05) is 0 Å². The molecule has 0 saturated carbocycles. The first-order valence-corrected chi connectivity index (χ1v) is 7.60. The van der Waals surface area contributed by atoms with Crippen molar-refractivity contribution in [1.29, 1.82) is 0 Å². The number of methoxy groups -OCH3 is 1. The summed E-state index contributed by atoms with van der Waals surface area (Å²) in [5, 5.41) is 5.83. The number of ether oxygens (including phenoxy) is 1. The van der Waals surface area contributed by atoms with Crippen molar-refractivity contribution in [2.75, 3.05) is 26.8 Å². The van der Waals surface area contributed by atoms with Crippen molar-refractivity contribution >= 4 is 18.3 Å². The number of hydrogen-bond acceptors (Lipinski definition) is 3. The molecule has 2 rings (SSSR count). The smallest absolute Gasteiger partial charge is 0.234 e. The lowest BCUT2D eigenvalue weighted by Gasteiger charge is -2.20. The maximum atomic E-state index is 13.1. The van der Waals surface area contributed by atoms with Gasteiger partial charge in [-0.1, -0.05) is 24.3 Å². The van der Waals surface area contributed by atoms with Crippen LogP contribution in [-0.4, -0.2) is 32.7 Å². The Morgan fingerprint density at radius 2 is 1.48 bits per heavy atom. The van der Waals surface area contributed by atoms with Gasteiger partial charge in [0, 0.05) is 13.7 Å². The van der Waals surface area contributed by atoms with Crippen LogP contribution in [0.5, 0.6) is 0 Å². The third-order valence-electron chi connectivity index (χ3n) is 3.48. The maximum Gasteiger partial charge on any atom is 0.234 e. The first-order valence-electron chi connectivity index (χ1n) is 7.60. The molecule has 0 aliphatic carbocycles. The molecule has 0 aromatic heterocycles. The number of rotatable bonds is 8. The summed E-state index contributed by atoms with van der Waals surface area (Å²) in [5.41, 5.74) is 1.43. The molecule has 2 aromatic rings. The topological polar surface area (TPSA) is 50.4 Å². The van der Waals surface area contributed by atoms with Crippen LogP contribution >= 0.6 is 12.4 Å². The molecule has 4 nitrogen and oxygen atoms in total. The second-order valence-corrected chi connectivity index (χ2v) is 5.27. The molecule has 0 atom stereocenters. The van der Waals surface area contributed by atoms with Gasteiger partial charge in [0.05, 0.1) is 19.2 Å². The molecule has 0 fully saturated rings. The molecule has 0 aliphatic rings. The van der Waals surface area contributed by atoms with Crippen molar-refractivity contribution < 1.29 is 18.3 Å². The van der Waals surface area contributed by atoms with Gasteiger partial charge in [0.2, 0.25) is 5.91 Å². The molecular formula is C18H21ClF2N2O2. The Morgan fingerprint density at radius 3 is 1.92 bits per heavy atom. The molecule has 25 heavy (non-hydrogen) atoms. The number of carbonyl (C=O) groups is 1. The third kappa shape index (κ3) is 6.78. The zero-order valence-electron chi connectivity index (χ0n) is 13.8. The Kier molecular flexibility index (Phi) is 9.05. The summed E-state index contributed by atoms with van der Waals surface area (Å²) in [6.07, 6.45) is 0. The fourth-order valence-corrected chi connectivity index (χ4v) is 2.26. The van der Waals surface area contributed by atoms with E-state index in [2.05, 4.69) is 10.6 Å². The average molecular weight is 371 g/mol. The summed E-state index contributed by atoms with van der Waals surface area (Å²) in [7, 11) is 1.58. The van der Waals surface area contributed by atoms with Crippen LogP contribution in [0.25, 0.3) is 0 Å². The molecule has 0 aliphatic heterocycles. The highest BCUT2D eigenvalue weighted by molar-refractivity contribution is 5.85. The van der Waals surface area contributed by atoms with E-state index >= 15 is 0 Å². The van der Waals surface area contributed by atoms with E-state index in [-0.39, 0.29) is 36.5 Å². The lowest BCUT2D eigenvalue weighted by Crippen LogP contribution is -2.37. The number of amides is 1. The molecule has 0 heterocycles. The Morgan fingerprint density at radius 1 is 1.00 bits per heavy atom. The summed E-state index contributed by atoms with van der Waals surface area (Å²) < 4.78 is 31.2. The number of benzene rings is 2. The minimum absolute atomic E-state index is 0. The largest absolute Gasteiger partial charge is 0.383 e. The lowest BCUT2D eigenvalue weighted by molar-refractivity contribution is -0.120. The number of carbonyl (C=O) groups excluding carboxylic acids is 1. The van der Waals surface area contributed by atoms with E-state index in [1.54, 1.807) is 31.4 Å². The molecule has 0 unspecified atom stereocenters. The van der Waals surface area contributed by atoms with Crippen LogP contribution in [0.4, 0.5) is 8.78 Å². The molecule has 0 saturated heterocycles. The Hall–Kier alpha value is -2.02. The van der Waals surface area contributed by atoms with Crippen molar-refractivity contribution in [3.05, 3.63) is 71.3 Å². The minimum Gasteiger partial charge on any atom is -0.383 e. The van der Waals surface area contributed by atoms with Gasteiger partial charge in [0.1, 0.15) is 11.6 Å². The van der Waals surface area contributed by atoms with E-state index in [4.69, 9.17) is 4.74 Å². The number of hydrogen-bond donors (Lipinski definition) is 2. The summed E-state index contributed by atoms with van der Waals surface area (Å²) in [6, 6.07) is 11.2. The lowest BCUT2D eigenvalue weighted by atomic mass is 9.98. The predicted octanol–water partition coefficient (Wildman–Crippen LogP) is 2.83. The Labute approximate surface area is 152 Å². The van der Waals surface area contributed by atoms with E-state index < -0.39 is 6.04 Å². The summed E-state index contributed by atoms with van der Waals surface area (Å²) in [5.74, 6) is -0.932. The second-order valence-electron chi connectivity index (χ2n) is 5.27. The molecule has 1 amide bonds. The standard InChI is InChI=1S/C18H20F2N2O2.ClH/c1-24-11-10-21-12-17(23)22-18(13-2-6-15(19)7-3-13)14-4-8-16(20)9-5-14;/h2-9,18,21H,10-12H2,1H3,(H,22,23);1H. The van der Waals surface area contributed by atoms with Crippen LogP contribution in [-0.2, 0) is 9.53 Å². The molecule has 0 radical (unpaired) electrons. The first-order chi connectivity index (χ1) is 11.6. The van der Waals surface area contributed by atoms with Crippen LogP contribution in [0, 0.1) is 11.6 Å². The monoisotopic (exact) mass is 370 g/mol. The number of nitrogens with one attached hydrogen (secondary N) is 2. The van der Waals surface area contributed by atoms with E-state index in [1.165, 1.54) is 24.3 Å². The molecule has 0 spiro atoms. The van der Waals surface area contributed by atoms with Gasteiger partial charge >= 0.3 is 0 Å². The van der Waals surface area contributed by atoms with Gasteiger partial charge in [0.25, 0.3) is 0 Å². The summed E-state index contributed by atoms with van der Waals surface area (Å²) in [4.78, 5) is 12.1. The third-order valence-corrected chi connectivity index (χ3v) is 3.48. The van der Waals surface area contributed by atoms with Crippen molar-refractivity contribution in [3.8, 4) is 0 Å². The van der Waals surface area contributed by atoms with Gasteiger partial charge in [-0.15, -0.1) is 12.4 Å². The average Bonchev–Trinajstić information content (AvgIpc) is 2.58. The van der Waals surface area contributed by atoms with Crippen LogP contribution < -0.4 is 10.6 Å². The zero-order valence-corrected chi connectivity index (χ0v) is 14.6. The van der Waals surface area contributed by atoms with Crippen molar-refractivity contribution in [1.82, 2.24) is 10.6 Å². The molecule has 7 heteroatoms. The first kappa shape index (κ1) is 21.0. The van der Waals surface area contributed by atoms with Crippen LogP contribution in [0.3, 0.4) is 0 Å². The van der Waals surface area contributed by atoms with Crippen LogP contribution in [0.15, 0.2) is 48.5 Å². The SMILES string of the molecule is COCCNCC(=O)NC(c1ccc(F)cc1)c1ccc(F)cc1.Cl. The van der Waals surface area contributed by atoms with Crippen LogP contribution in [0.2, 0.25) is 0 Å². The molecule has 136 valence electrons. The quantitative estimate of drug-likeness (QED) is 0.702. The maximum absolute atomic E-state index is 13.1. The highest BCUT2D eigenvalue weighted by atomic mass is 35.5. The minimum atomic E-state index is -0.483. The predicted molar refractivity (Wildman–Crippen MR) is 94.8 cm³/mol. The zero-order chi connectivity index (χ0) is 17.4. The van der Waals surface area contributed by atoms with Crippen LogP contribution in [0.1, 0.15) is 17.2 Å². The van der Waals surface area contributed by atoms with E-state index in [9.17, 15) is 13.6 Å². The Balaban J connectivity index is 0.00000312. The van der Waals surface area contributed by atoms with Crippen molar-refractivity contribution in [2.24, 2.45) is 0 Å². The van der Waals surface area contributed by atoms with Gasteiger partial charge in [-0.05, 0) is 35.4 Å². The summed E-state index contributed by atoms with van der Waals surface area (Å²) in [6.45, 7) is 1.19. The van der Waals surface area contributed by atoms with Gasteiger partial charge in [0.15, 0.2) is 0 Å². The molecule has 2 aromatic carbocycles. The molecule has 2 N–H and O–H groups in total. The van der Waals surface area contributed by atoms with E-state index in [0.29, 0.717) is 24.3 Å². The number of halogens is 3. The van der Waals surface area contributed by atoms with Crippen molar-refractivity contribution in [2.45, 2.75) is 6.04 Å². The highest BCUT2D eigenvalue weighted by Crippen LogP contribution is 2.22. The van der Waals surface area contributed by atoms with Gasteiger partial charge in [-0.2, -0.15) is 0 Å². The van der Waals surface area contributed by atoms with Crippen molar-refractivity contribution in [3.63, 3.8) is 0 Å². The van der Waals surface area contributed by atoms with Gasteiger partial charge in [-0.25, -0.2) is 8.78 Å². The fourth-order valence-electron chi connectivity index (χ4n) is 2.26. The van der Waals surface area contributed by atoms with Gasteiger partial charge < -0.3 is 15.4 Å². The second kappa shape index (κ2) is 10.8. The Bertz CT molecular complexity index is 606. The van der Waals surface area contributed by atoms with Gasteiger partial charge in [-0.3, -0.25) is 4.79 Å².